The first kappa shape index (κ1) is 13.6. The quantitative estimate of drug-likeness (QED) is 0.512. The predicted octanol–water partition coefficient (Wildman–Crippen LogP) is -4.30. The molecule has 2 N–H and O–H groups in total. The van der Waals surface area contributed by atoms with Crippen molar-refractivity contribution in [2.24, 2.45) is 5.14 Å². The maximum absolute atomic E-state index is 10.8. The summed E-state index contributed by atoms with van der Waals surface area (Å²) < 4.78 is 21.7. The number of carbonyl (C=O) groups excluding carboxylic acids is 1. The van der Waals surface area contributed by atoms with Gasteiger partial charge < -0.3 is 9.90 Å². The molecular formula is C7H6NNaO4S. The molecule has 0 spiro atoms. The summed E-state index contributed by atoms with van der Waals surface area (Å²) in [6.45, 7) is 0. The van der Waals surface area contributed by atoms with E-state index < -0.39 is 26.5 Å². The van der Waals surface area contributed by atoms with Gasteiger partial charge in [0.25, 0.3) is 0 Å². The fraction of sp³-hybridized carbons (Fsp3) is 0. The summed E-state index contributed by atoms with van der Waals surface area (Å²) in [7, 11) is -4.00. The van der Waals surface area contributed by atoms with Crippen LogP contribution in [0.5, 0.6) is 0 Å². The van der Waals surface area contributed by atoms with Crippen molar-refractivity contribution in [1.82, 2.24) is 0 Å². The molecule has 0 aliphatic rings. The molecular weight excluding hydrogens is 217 g/mol. The molecule has 0 atom stereocenters. The van der Waals surface area contributed by atoms with E-state index in [0.29, 0.717) is 0 Å². The monoisotopic (exact) mass is 223 g/mol. The van der Waals surface area contributed by atoms with Gasteiger partial charge in [0.1, 0.15) is 0 Å². The molecule has 14 heavy (non-hydrogen) atoms. The van der Waals surface area contributed by atoms with E-state index in [1.807, 2.05) is 0 Å². The number of rotatable bonds is 2. The van der Waals surface area contributed by atoms with Crippen molar-refractivity contribution in [2.45, 2.75) is 4.90 Å². The summed E-state index contributed by atoms with van der Waals surface area (Å²) in [6.07, 6.45) is 0. The third-order valence-electron chi connectivity index (χ3n) is 1.41. The van der Waals surface area contributed by atoms with Gasteiger partial charge in [0, 0.05) is 5.56 Å². The number of carbonyl (C=O) groups is 1. The molecule has 0 unspecified atom stereocenters. The van der Waals surface area contributed by atoms with Gasteiger partial charge in [-0.1, -0.05) is 18.2 Å². The summed E-state index contributed by atoms with van der Waals surface area (Å²) in [6, 6.07) is 5.00. The number of nitrogens with two attached hydrogens (primary N) is 1. The van der Waals surface area contributed by atoms with Crippen LogP contribution >= 0.6 is 0 Å². The average molecular weight is 223 g/mol. The van der Waals surface area contributed by atoms with Crippen LogP contribution in [0.4, 0.5) is 0 Å². The number of sulfonamides is 1. The van der Waals surface area contributed by atoms with Crippen LogP contribution in [0.1, 0.15) is 10.4 Å². The first-order valence-electron chi connectivity index (χ1n) is 3.26. The van der Waals surface area contributed by atoms with Crippen molar-refractivity contribution in [3.63, 3.8) is 0 Å². The van der Waals surface area contributed by atoms with Crippen molar-refractivity contribution in [2.75, 3.05) is 0 Å². The zero-order chi connectivity index (χ0) is 10.1. The maximum atomic E-state index is 10.8. The standard InChI is InChI=1S/C7H7NO4S.Na/c8-13(11,12)6-4-2-1-3-5(6)7(9)10;/h1-4H,(H,9,10)(H2,8,11,12);/q;+1/p-1. The Morgan fingerprint density at radius 2 is 1.79 bits per heavy atom. The molecule has 0 aliphatic carbocycles. The van der Waals surface area contributed by atoms with Gasteiger partial charge in [0.2, 0.25) is 10.0 Å². The molecule has 0 aromatic heterocycles. The summed E-state index contributed by atoms with van der Waals surface area (Å²) in [5.41, 5.74) is -0.426. The number of benzene rings is 1. The minimum Gasteiger partial charge on any atom is -0.545 e. The Labute approximate surface area is 103 Å². The van der Waals surface area contributed by atoms with Crippen LogP contribution in [0.25, 0.3) is 0 Å². The molecule has 0 bridgehead atoms. The fourth-order valence-electron chi connectivity index (χ4n) is 0.883. The first-order chi connectivity index (χ1) is 5.93. The minimum atomic E-state index is -4.00. The van der Waals surface area contributed by atoms with Crippen LogP contribution < -0.4 is 39.8 Å². The molecule has 0 radical (unpaired) electrons. The van der Waals surface area contributed by atoms with E-state index in [2.05, 4.69) is 0 Å². The van der Waals surface area contributed by atoms with Crippen LogP contribution in [-0.4, -0.2) is 14.4 Å². The molecule has 0 saturated heterocycles. The van der Waals surface area contributed by atoms with E-state index >= 15 is 0 Å². The maximum Gasteiger partial charge on any atom is 1.00 e. The normalized spacial score (nSPS) is 10.4. The van der Waals surface area contributed by atoms with Gasteiger partial charge in [-0.15, -0.1) is 0 Å². The van der Waals surface area contributed by atoms with Crippen molar-refractivity contribution in [3.05, 3.63) is 29.8 Å². The van der Waals surface area contributed by atoms with E-state index in [4.69, 9.17) is 5.14 Å². The Balaban J connectivity index is 0.00000169. The van der Waals surface area contributed by atoms with E-state index in [0.717, 1.165) is 12.1 Å². The Bertz CT molecular complexity index is 443. The molecule has 1 rings (SSSR count). The molecule has 0 aliphatic heterocycles. The van der Waals surface area contributed by atoms with Crippen LogP contribution in [-0.2, 0) is 10.0 Å². The summed E-state index contributed by atoms with van der Waals surface area (Å²) in [4.78, 5) is 10.0. The van der Waals surface area contributed by atoms with Gasteiger partial charge in [-0.3, -0.25) is 0 Å². The number of hydrogen-bond donors (Lipinski definition) is 1. The predicted molar refractivity (Wildman–Crippen MR) is 42.1 cm³/mol. The summed E-state index contributed by atoms with van der Waals surface area (Å²) in [5.74, 6) is -1.57. The van der Waals surface area contributed by atoms with Gasteiger partial charge in [-0.05, 0) is 6.07 Å². The Morgan fingerprint density at radius 3 is 2.14 bits per heavy atom. The third-order valence-corrected chi connectivity index (χ3v) is 2.38. The SMILES string of the molecule is NS(=O)(=O)c1ccccc1C(=O)[O-].[Na+]. The van der Waals surface area contributed by atoms with Crippen LogP contribution in [0.2, 0.25) is 0 Å². The topological polar surface area (TPSA) is 100 Å². The van der Waals surface area contributed by atoms with Gasteiger partial charge in [0.05, 0.1) is 10.9 Å². The Morgan fingerprint density at radius 1 is 1.29 bits per heavy atom. The van der Waals surface area contributed by atoms with Crippen molar-refractivity contribution >= 4 is 16.0 Å². The smallest absolute Gasteiger partial charge is 0.545 e. The molecule has 70 valence electrons. The van der Waals surface area contributed by atoms with Crippen LogP contribution in [0, 0.1) is 0 Å². The van der Waals surface area contributed by atoms with E-state index in [1.54, 1.807) is 0 Å². The van der Waals surface area contributed by atoms with E-state index in [1.165, 1.54) is 12.1 Å². The number of carboxylic acid groups (broad SMARTS) is 1. The van der Waals surface area contributed by atoms with Gasteiger partial charge in [-0.25, -0.2) is 13.6 Å². The number of primary sulfonamides is 1. The third kappa shape index (κ3) is 3.07. The second-order valence-corrected chi connectivity index (χ2v) is 3.86. The molecule has 5 nitrogen and oxygen atoms in total. The molecule has 1 aromatic carbocycles. The summed E-state index contributed by atoms with van der Waals surface area (Å²) in [5, 5.41) is 15.2. The number of aromatic carboxylic acids is 1. The molecule has 7 heteroatoms. The second-order valence-electron chi connectivity index (χ2n) is 2.33. The molecule has 0 saturated carbocycles. The van der Waals surface area contributed by atoms with Crippen molar-refractivity contribution in [3.8, 4) is 0 Å². The Hall–Kier alpha value is -0.400. The Kier molecular flexibility index (Phi) is 4.76. The number of hydrogen-bond acceptors (Lipinski definition) is 4. The minimum absolute atomic E-state index is 0. The zero-order valence-electron chi connectivity index (χ0n) is 7.43. The van der Waals surface area contributed by atoms with Gasteiger partial charge in [0.15, 0.2) is 0 Å². The van der Waals surface area contributed by atoms with Crippen molar-refractivity contribution < 1.29 is 47.9 Å². The average Bonchev–Trinajstić information content (AvgIpc) is 2.03. The second kappa shape index (κ2) is 4.90. The fourth-order valence-corrected chi connectivity index (χ4v) is 1.61. The van der Waals surface area contributed by atoms with Crippen LogP contribution in [0.15, 0.2) is 29.2 Å². The molecule has 1 aromatic rings. The number of carboxylic acids is 1. The molecule has 0 heterocycles. The molecule has 0 fully saturated rings. The van der Waals surface area contributed by atoms with E-state index in [-0.39, 0.29) is 29.6 Å². The van der Waals surface area contributed by atoms with Gasteiger partial charge >= 0.3 is 29.6 Å². The van der Waals surface area contributed by atoms with Crippen molar-refractivity contribution in [1.29, 1.82) is 0 Å². The van der Waals surface area contributed by atoms with Gasteiger partial charge in [-0.2, -0.15) is 0 Å². The van der Waals surface area contributed by atoms with E-state index in [9.17, 15) is 18.3 Å². The zero-order valence-corrected chi connectivity index (χ0v) is 10.2. The first-order valence-corrected chi connectivity index (χ1v) is 4.81. The largest absolute Gasteiger partial charge is 1.00 e. The van der Waals surface area contributed by atoms with Crippen LogP contribution in [0.3, 0.4) is 0 Å². The summed E-state index contributed by atoms with van der Waals surface area (Å²) >= 11 is 0. The molecule has 0 amide bonds.